The largest absolute Gasteiger partial charge is 0.438 e. The second-order valence-corrected chi connectivity index (χ2v) is 11.4. The molecule has 0 bridgehead atoms. The van der Waals surface area contributed by atoms with Crippen molar-refractivity contribution in [2.24, 2.45) is 0 Å². The first-order valence-corrected chi connectivity index (χ1v) is 13.5. The van der Waals surface area contributed by atoms with E-state index in [2.05, 4.69) is 9.82 Å². The molecule has 3 aromatic rings. The number of ether oxygens (including phenoxy) is 1. The van der Waals surface area contributed by atoms with Crippen LogP contribution in [0.1, 0.15) is 31.9 Å². The van der Waals surface area contributed by atoms with Crippen LogP contribution in [0.2, 0.25) is 0 Å². The van der Waals surface area contributed by atoms with Gasteiger partial charge in [-0.25, -0.2) is 17.8 Å². The Bertz CT molecular complexity index is 1370. The van der Waals surface area contributed by atoms with Gasteiger partial charge in [-0.2, -0.15) is 31.4 Å². The van der Waals surface area contributed by atoms with Gasteiger partial charge in [0.15, 0.2) is 5.75 Å². The molecule has 2 aromatic carbocycles. The smallest absolute Gasteiger partial charge is 0.416 e. The van der Waals surface area contributed by atoms with E-state index in [1.807, 2.05) is 22.6 Å². The van der Waals surface area contributed by atoms with Crippen LogP contribution < -0.4 is 9.46 Å². The summed E-state index contributed by atoms with van der Waals surface area (Å²) >= 11 is 1.98. The number of hydrogen-bond acceptors (Lipinski definition) is 4. The van der Waals surface area contributed by atoms with Crippen molar-refractivity contribution in [3.8, 4) is 22.9 Å². The molecule has 0 saturated carbocycles. The lowest BCUT2D eigenvalue weighted by Crippen LogP contribution is -2.44. The minimum Gasteiger partial charge on any atom is -0.438 e. The fraction of sp³-hybridized carbons (Fsp3) is 0.348. The Morgan fingerprint density at radius 1 is 1.00 bits per heavy atom. The van der Waals surface area contributed by atoms with Crippen molar-refractivity contribution in [2.75, 3.05) is 5.75 Å². The van der Waals surface area contributed by atoms with Crippen LogP contribution in [-0.4, -0.2) is 30.1 Å². The van der Waals surface area contributed by atoms with Crippen molar-refractivity contribution < 1.29 is 39.5 Å². The zero-order valence-corrected chi connectivity index (χ0v) is 22.7. The zero-order chi connectivity index (χ0) is 27.8. The number of sulfonamides is 1. The first kappa shape index (κ1) is 29.2. The number of nitrogens with zero attached hydrogens (tertiary/aromatic N) is 2. The number of alkyl halides is 6. The molecule has 0 aliphatic carbocycles. The van der Waals surface area contributed by atoms with Gasteiger partial charge in [0.2, 0.25) is 15.9 Å². The van der Waals surface area contributed by atoms with E-state index in [4.69, 9.17) is 4.74 Å². The number of nitrogens with one attached hydrogen (secondary N) is 1. The van der Waals surface area contributed by atoms with Crippen LogP contribution in [0.4, 0.5) is 26.3 Å². The summed E-state index contributed by atoms with van der Waals surface area (Å²) in [5.74, 6) is -1.55. The summed E-state index contributed by atoms with van der Waals surface area (Å²) in [5.41, 5.74) is -0.819. The van der Waals surface area contributed by atoms with Gasteiger partial charge in [-0.1, -0.05) is 18.2 Å². The summed E-state index contributed by atoms with van der Waals surface area (Å²) in [4.78, 5) is 0. The summed E-state index contributed by atoms with van der Waals surface area (Å²) in [6.45, 7) is 5.04. The van der Waals surface area contributed by atoms with Gasteiger partial charge in [-0.15, -0.1) is 0 Å². The maximum Gasteiger partial charge on any atom is 0.416 e. The van der Waals surface area contributed by atoms with Gasteiger partial charge in [0.25, 0.3) is 0 Å². The van der Waals surface area contributed by atoms with E-state index in [1.165, 1.54) is 30.7 Å². The second-order valence-electron chi connectivity index (χ2n) is 8.59. The molecule has 0 spiro atoms. The van der Waals surface area contributed by atoms with E-state index in [9.17, 15) is 34.8 Å². The summed E-state index contributed by atoms with van der Waals surface area (Å²) in [6, 6.07) is 10.7. The molecule has 0 saturated heterocycles. The third-order valence-electron chi connectivity index (χ3n) is 5.17. The molecule has 0 unspecified atom stereocenters. The predicted octanol–water partition coefficient (Wildman–Crippen LogP) is 6.70. The Kier molecular flexibility index (Phi) is 8.25. The van der Waals surface area contributed by atoms with Gasteiger partial charge in [0.1, 0.15) is 15.0 Å². The van der Waals surface area contributed by atoms with Crippen molar-refractivity contribution >= 4 is 32.6 Å². The number of halogens is 7. The minimum atomic E-state index is -4.89. The van der Waals surface area contributed by atoms with E-state index < -0.39 is 39.2 Å². The Morgan fingerprint density at radius 3 is 2.16 bits per heavy atom. The molecule has 0 aliphatic rings. The van der Waals surface area contributed by atoms with Crippen LogP contribution in [0.25, 0.3) is 11.3 Å². The van der Waals surface area contributed by atoms with Gasteiger partial charge in [-0.05, 0) is 79.3 Å². The van der Waals surface area contributed by atoms with Gasteiger partial charge < -0.3 is 4.74 Å². The highest BCUT2D eigenvalue weighted by molar-refractivity contribution is 14.1. The van der Waals surface area contributed by atoms with Crippen molar-refractivity contribution in [1.82, 2.24) is 14.5 Å². The number of aryl methyl sites for hydroxylation is 1. The Morgan fingerprint density at radius 2 is 1.62 bits per heavy atom. The van der Waals surface area contributed by atoms with E-state index in [1.54, 1.807) is 31.2 Å². The van der Waals surface area contributed by atoms with Gasteiger partial charge in [-0.3, -0.25) is 0 Å². The summed E-state index contributed by atoms with van der Waals surface area (Å²) in [5, 5.41) is 4.51. The van der Waals surface area contributed by atoms with Crippen molar-refractivity contribution in [3.63, 3.8) is 0 Å². The number of rotatable bonds is 8. The Balaban J connectivity index is 1.93. The second kappa shape index (κ2) is 10.4. The topological polar surface area (TPSA) is 73.2 Å². The molecular weight excluding hydrogens is 639 g/mol. The molecular formula is C23H22F6IN3O3S. The minimum absolute atomic E-state index is 0.168. The lowest BCUT2D eigenvalue weighted by atomic mass is 9.93. The van der Waals surface area contributed by atoms with Crippen LogP contribution in [-0.2, 0) is 28.3 Å². The predicted molar refractivity (Wildman–Crippen MR) is 134 cm³/mol. The molecule has 6 nitrogen and oxygen atoms in total. The van der Waals surface area contributed by atoms with Crippen LogP contribution in [0.5, 0.6) is 11.6 Å². The van der Waals surface area contributed by atoms with Crippen LogP contribution >= 0.6 is 22.6 Å². The normalized spacial score (nSPS) is 13.1. The van der Waals surface area contributed by atoms with E-state index in [0.29, 0.717) is 26.9 Å². The van der Waals surface area contributed by atoms with Gasteiger partial charge >= 0.3 is 12.4 Å². The fourth-order valence-electron chi connectivity index (χ4n) is 3.50. The quantitative estimate of drug-likeness (QED) is 0.216. The van der Waals surface area contributed by atoms with Crippen LogP contribution in [0.15, 0.2) is 48.5 Å². The summed E-state index contributed by atoms with van der Waals surface area (Å²) in [6.07, 6.45) is -9.37. The highest BCUT2D eigenvalue weighted by atomic mass is 127. The number of benzene rings is 2. The maximum absolute atomic E-state index is 12.9. The molecule has 0 fully saturated rings. The average molecular weight is 661 g/mol. The first-order chi connectivity index (χ1) is 16.9. The monoisotopic (exact) mass is 661 g/mol. The molecule has 0 radical (unpaired) electrons. The number of aromatic nitrogens is 2. The Hall–Kier alpha value is -2.33. The van der Waals surface area contributed by atoms with Crippen molar-refractivity contribution in [3.05, 3.63) is 63.2 Å². The molecule has 37 heavy (non-hydrogen) atoms. The third-order valence-corrected chi connectivity index (χ3v) is 7.67. The van der Waals surface area contributed by atoms with Crippen molar-refractivity contribution in [1.29, 1.82) is 0 Å². The SMILES string of the molecule is CCn1nc(-c2cccc(C(C)(C)NS(=O)(=O)CC(F)(F)F)c2)c(I)c1Oc1ccc(C(F)(F)F)cc1. The zero-order valence-electron chi connectivity index (χ0n) is 19.7. The van der Waals surface area contributed by atoms with Crippen LogP contribution in [0.3, 0.4) is 0 Å². The fourth-order valence-corrected chi connectivity index (χ4v) is 5.71. The molecule has 0 atom stereocenters. The molecule has 3 rings (SSSR count). The lowest BCUT2D eigenvalue weighted by molar-refractivity contribution is -0.137. The molecule has 0 aliphatic heterocycles. The lowest BCUT2D eigenvalue weighted by Gasteiger charge is -2.27. The first-order valence-electron chi connectivity index (χ1n) is 10.7. The molecule has 202 valence electrons. The molecule has 0 amide bonds. The summed E-state index contributed by atoms with van der Waals surface area (Å²) < 4.78 is 111. The standard InChI is InChI=1S/C23H22F6IN3O3S/c1-4-33-20(36-17-10-8-15(9-11-17)23(27,28)29)18(30)19(31-33)14-6-5-7-16(12-14)21(2,3)32-37(34,35)13-22(24,25)26/h5-12,32H,4,13H2,1-3H3. The van der Waals surface area contributed by atoms with E-state index >= 15 is 0 Å². The number of hydrogen-bond donors (Lipinski definition) is 1. The summed E-state index contributed by atoms with van der Waals surface area (Å²) in [7, 11) is -4.67. The average Bonchev–Trinajstić information content (AvgIpc) is 3.06. The van der Waals surface area contributed by atoms with Gasteiger partial charge in [0, 0.05) is 12.1 Å². The van der Waals surface area contributed by atoms with E-state index in [0.717, 1.165) is 12.1 Å². The highest BCUT2D eigenvalue weighted by Gasteiger charge is 2.38. The molecule has 1 aromatic heterocycles. The molecule has 1 heterocycles. The Labute approximate surface area is 223 Å². The third kappa shape index (κ3) is 7.37. The molecule has 14 heteroatoms. The maximum atomic E-state index is 12.9. The van der Waals surface area contributed by atoms with Gasteiger partial charge in [0.05, 0.1) is 11.1 Å². The van der Waals surface area contributed by atoms with Crippen molar-refractivity contribution in [2.45, 2.75) is 45.2 Å². The highest BCUT2D eigenvalue weighted by Crippen LogP contribution is 2.37. The molecule has 1 N–H and O–H groups in total. The van der Waals surface area contributed by atoms with Crippen LogP contribution in [0, 0.1) is 3.57 Å². The van der Waals surface area contributed by atoms with E-state index in [-0.39, 0.29) is 11.6 Å².